The van der Waals surface area contributed by atoms with Crippen LogP contribution in [0.25, 0.3) is 0 Å². The minimum atomic E-state index is -3.36. The van der Waals surface area contributed by atoms with Crippen LogP contribution >= 0.6 is 0 Å². The molecule has 0 radical (unpaired) electrons. The molecular formula is C22H30N2O2S. The third kappa shape index (κ3) is 5.41. The van der Waals surface area contributed by atoms with Crippen LogP contribution in [0.2, 0.25) is 0 Å². The zero-order chi connectivity index (χ0) is 19.1. The highest BCUT2D eigenvalue weighted by atomic mass is 32.2. The molecule has 0 N–H and O–H groups in total. The van der Waals surface area contributed by atoms with E-state index in [9.17, 15) is 8.42 Å². The topological polar surface area (TPSA) is 40.6 Å². The lowest BCUT2D eigenvalue weighted by atomic mass is 9.89. The molecule has 1 saturated heterocycles. The summed E-state index contributed by atoms with van der Waals surface area (Å²) in [5, 5.41) is 0. The number of nitrogens with zero attached hydrogens (tertiary/aromatic N) is 2. The molecule has 0 aromatic heterocycles. The molecular weight excluding hydrogens is 356 g/mol. The average Bonchev–Trinajstić information content (AvgIpc) is 2.72. The summed E-state index contributed by atoms with van der Waals surface area (Å²) in [6.07, 6.45) is 4.35. The van der Waals surface area contributed by atoms with Gasteiger partial charge in [-0.15, -0.1) is 0 Å². The Morgan fingerprint density at radius 1 is 0.926 bits per heavy atom. The Balaban J connectivity index is 1.37. The summed E-state index contributed by atoms with van der Waals surface area (Å²) in [5.74, 6) is 0.685. The molecule has 0 bridgehead atoms. The van der Waals surface area contributed by atoms with Crippen LogP contribution in [0, 0.1) is 0 Å². The number of hydrogen-bond acceptors (Lipinski definition) is 3. The SMILES string of the molecule is CN(CCCCN1CCC(c2ccccc2)CC1)S(=O)(=O)c1ccccc1. The highest BCUT2D eigenvalue weighted by Crippen LogP contribution is 2.27. The van der Waals surface area contributed by atoms with Gasteiger partial charge in [-0.3, -0.25) is 0 Å². The van der Waals surface area contributed by atoms with Crippen molar-refractivity contribution in [3.8, 4) is 0 Å². The van der Waals surface area contributed by atoms with Crippen LogP contribution in [0.15, 0.2) is 65.6 Å². The second-order valence-electron chi connectivity index (χ2n) is 7.37. The van der Waals surface area contributed by atoms with Gasteiger partial charge in [-0.25, -0.2) is 12.7 Å². The molecule has 0 aliphatic carbocycles. The Kier molecular flexibility index (Phi) is 7.05. The Hall–Kier alpha value is -1.69. The molecule has 0 amide bonds. The van der Waals surface area contributed by atoms with Gasteiger partial charge in [0.25, 0.3) is 0 Å². The van der Waals surface area contributed by atoms with Gasteiger partial charge in [0.15, 0.2) is 0 Å². The van der Waals surface area contributed by atoms with Crippen LogP contribution in [0.4, 0.5) is 0 Å². The first-order chi connectivity index (χ1) is 13.1. The van der Waals surface area contributed by atoms with Gasteiger partial charge in [-0.2, -0.15) is 0 Å². The van der Waals surface area contributed by atoms with Gasteiger partial charge >= 0.3 is 0 Å². The van der Waals surface area contributed by atoms with E-state index in [1.807, 2.05) is 6.07 Å². The molecule has 0 spiro atoms. The van der Waals surface area contributed by atoms with Crippen molar-refractivity contribution in [3.05, 3.63) is 66.2 Å². The Morgan fingerprint density at radius 2 is 1.52 bits per heavy atom. The van der Waals surface area contributed by atoms with E-state index in [0.29, 0.717) is 17.4 Å². The largest absolute Gasteiger partial charge is 0.303 e. The first kappa shape index (κ1) is 20.1. The molecule has 2 aromatic carbocycles. The molecule has 1 aliphatic heterocycles. The average molecular weight is 387 g/mol. The van der Waals surface area contributed by atoms with Crippen molar-refractivity contribution >= 4 is 10.0 Å². The zero-order valence-electron chi connectivity index (χ0n) is 16.1. The fraction of sp³-hybridized carbons (Fsp3) is 0.455. The fourth-order valence-electron chi connectivity index (χ4n) is 3.78. The molecule has 4 nitrogen and oxygen atoms in total. The van der Waals surface area contributed by atoms with Crippen LogP contribution in [0.3, 0.4) is 0 Å². The third-order valence-corrected chi connectivity index (χ3v) is 7.38. The summed E-state index contributed by atoms with van der Waals surface area (Å²) in [6.45, 7) is 3.90. The van der Waals surface area contributed by atoms with Gasteiger partial charge in [-0.05, 0) is 68.9 Å². The second-order valence-corrected chi connectivity index (χ2v) is 9.42. The standard InChI is InChI=1S/C22H30N2O2S/c1-23(27(25,26)22-12-6-3-7-13-22)16-8-9-17-24-18-14-21(15-19-24)20-10-4-2-5-11-20/h2-7,10-13,21H,8-9,14-19H2,1H3. The lowest BCUT2D eigenvalue weighted by Gasteiger charge is -2.32. The molecule has 27 heavy (non-hydrogen) atoms. The highest BCUT2D eigenvalue weighted by Gasteiger charge is 2.21. The van der Waals surface area contributed by atoms with Crippen molar-refractivity contribution in [1.82, 2.24) is 9.21 Å². The van der Waals surface area contributed by atoms with E-state index < -0.39 is 10.0 Å². The van der Waals surface area contributed by atoms with Gasteiger partial charge in [0.05, 0.1) is 4.90 Å². The van der Waals surface area contributed by atoms with Crippen LogP contribution < -0.4 is 0 Å². The smallest absolute Gasteiger partial charge is 0.242 e. The fourth-order valence-corrected chi connectivity index (χ4v) is 5.01. The van der Waals surface area contributed by atoms with Crippen molar-refractivity contribution < 1.29 is 8.42 Å². The van der Waals surface area contributed by atoms with Crippen LogP contribution in [0.1, 0.15) is 37.2 Å². The van der Waals surface area contributed by atoms with Gasteiger partial charge in [0.2, 0.25) is 10.0 Å². The van der Waals surface area contributed by atoms with Crippen LogP contribution in [-0.4, -0.2) is 50.8 Å². The Labute approximate surface area is 163 Å². The van der Waals surface area contributed by atoms with Crippen LogP contribution in [-0.2, 0) is 10.0 Å². The number of sulfonamides is 1. The Morgan fingerprint density at radius 3 is 2.15 bits per heavy atom. The summed E-state index contributed by atoms with van der Waals surface area (Å²) >= 11 is 0. The predicted molar refractivity (Wildman–Crippen MR) is 110 cm³/mol. The first-order valence-corrected chi connectivity index (χ1v) is 11.3. The molecule has 3 rings (SSSR count). The monoisotopic (exact) mass is 386 g/mol. The molecule has 2 aromatic rings. The zero-order valence-corrected chi connectivity index (χ0v) is 16.9. The van der Waals surface area contributed by atoms with E-state index in [2.05, 4.69) is 35.2 Å². The molecule has 1 aliphatic rings. The molecule has 5 heteroatoms. The summed E-state index contributed by atoms with van der Waals surface area (Å²) in [6, 6.07) is 19.5. The molecule has 146 valence electrons. The van der Waals surface area contributed by atoms with E-state index in [1.165, 1.54) is 22.7 Å². The first-order valence-electron chi connectivity index (χ1n) is 9.86. The minimum absolute atomic E-state index is 0.371. The normalized spacial score (nSPS) is 16.7. The maximum atomic E-state index is 12.5. The lowest BCUT2D eigenvalue weighted by Crippen LogP contribution is -2.34. The van der Waals surface area contributed by atoms with Gasteiger partial charge in [0.1, 0.15) is 0 Å². The van der Waals surface area contributed by atoms with E-state index >= 15 is 0 Å². The summed E-state index contributed by atoms with van der Waals surface area (Å²) in [5.41, 5.74) is 1.46. The molecule has 0 atom stereocenters. The second kappa shape index (κ2) is 9.49. The maximum absolute atomic E-state index is 12.5. The molecule has 1 heterocycles. The third-order valence-electron chi connectivity index (χ3n) is 5.51. The van der Waals surface area contributed by atoms with E-state index in [1.54, 1.807) is 31.3 Å². The van der Waals surface area contributed by atoms with Crippen molar-refractivity contribution in [3.63, 3.8) is 0 Å². The van der Waals surface area contributed by atoms with Crippen molar-refractivity contribution in [2.75, 3.05) is 33.2 Å². The number of rotatable bonds is 8. The number of hydrogen-bond donors (Lipinski definition) is 0. The summed E-state index contributed by atoms with van der Waals surface area (Å²) < 4.78 is 26.5. The van der Waals surface area contributed by atoms with Gasteiger partial charge in [0, 0.05) is 13.6 Å². The number of benzene rings is 2. The van der Waals surface area contributed by atoms with E-state index in [0.717, 1.165) is 32.5 Å². The number of piperidine rings is 1. The van der Waals surface area contributed by atoms with Crippen molar-refractivity contribution in [2.24, 2.45) is 0 Å². The number of likely N-dealkylation sites (tertiary alicyclic amines) is 1. The van der Waals surface area contributed by atoms with Crippen molar-refractivity contribution in [2.45, 2.75) is 36.5 Å². The molecule has 1 fully saturated rings. The van der Waals surface area contributed by atoms with Crippen molar-refractivity contribution in [1.29, 1.82) is 0 Å². The van der Waals surface area contributed by atoms with Crippen LogP contribution in [0.5, 0.6) is 0 Å². The number of unbranched alkanes of at least 4 members (excludes halogenated alkanes) is 1. The van der Waals surface area contributed by atoms with E-state index in [4.69, 9.17) is 0 Å². The van der Waals surface area contributed by atoms with E-state index in [-0.39, 0.29) is 0 Å². The molecule has 0 unspecified atom stereocenters. The maximum Gasteiger partial charge on any atom is 0.242 e. The Bertz CT molecular complexity index is 786. The van der Waals surface area contributed by atoms with Gasteiger partial charge in [-0.1, -0.05) is 48.5 Å². The highest BCUT2D eigenvalue weighted by molar-refractivity contribution is 7.89. The summed E-state index contributed by atoms with van der Waals surface area (Å²) in [7, 11) is -1.69. The van der Waals surface area contributed by atoms with Gasteiger partial charge < -0.3 is 4.90 Å². The predicted octanol–water partition coefficient (Wildman–Crippen LogP) is 3.97. The molecule has 0 saturated carbocycles. The summed E-state index contributed by atoms with van der Waals surface area (Å²) in [4.78, 5) is 2.89. The quantitative estimate of drug-likeness (QED) is 0.645. The lowest BCUT2D eigenvalue weighted by molar-refractivity contribution is 0.207. The minimum Gasteiger partial charge on any atom is -0.303 e.